The highest BCUT2D eigenvalue weighted by molar-refractivity contribution is 5.71. The molecule has 0 atom stereocenters. The Balaban J connectivity index is 2.09. The number of nitrogens with zero attached hydrogens (tertiary/aromatic N) is 1. The van der Waals surface area contributed by atoms with Crippen molar-refractivity contribution >= 4 is 0 Å². The molecule has 0 bridgehead atoms. The number of benzene rings is 1. The van der Waals surface area contributed by atoms with Crippen molar-refractivity contribution in [1.29, 1.82) is 0 Å². The van der Waals surface area contributed by atoms with Crippen LogP contribution in [0, 0.1) is 13.8 Å². The molecule has 1 aromatic heterocycles. The number of rotatable bonds is 3. The number of methoxy groups -OCH3 is 1. The number of aromatic amines is 1. The Labute approximate surface area is 113 Å². The molecule has 1 aliphatic rings. The molecule has 100 valence electrons. The van der Waals surface area contributed by atoms with E-state index in [2.05, 4.69) is 29.9 Å². The fraction of sp³-hybridized carbons (Fsp3) is 0.400. The molecule has 19 heavy (non-hydrogen) atoms. The Morgan fingerprint density at radius 3 is 2.68 bits per heavy atom. The molecule has 3 rings (SSSR count). The van der Waals surface area contributed by atoms with E-state index in [1.807, 2.05) is 12.3 Å². The fourth-order valence-corrected chi connectivity index (χ4v) is 2.51. The van der Waals surface area contributed by atoms with Crippen LogP contribution in [0.2, 0.25) is 0 Å². The fourth-order valence-electron chi connectivity index (χ4n) is 2.51. The number of aryl methyl sites for hydroxylation is 2. The summed E-state index contributed by atoms with van der Waals surface area (Å²) in [6.45, 7) is 4.15. The molecule has 0 amide bonds. The van der Waals surface area contributed by atoms with Gasteiger partial charge in [0.05, 0.1) is 24.5 Å². The topological polar surface area (TPSA) is 63.9 Å². The van der Waals surface area contributed by atoms with Gasteiger partial charge in [-0.25, -0.2) is 4.98 Å². The van der Waals surface area contributed by atoms with Gasteiger partial charge >= 0.3 is 0 Å². The molecule has 1 fully saturated rings. The third-order valence-corrected chi connectivity index (χ3v) is 3.77. The van der Waals surface area contributed by atoms with Crippen LogP contribution in [0.15, 0.2) is 18.3 Å². The van der Waals surface area contributed by atoms with E-state index in [0.29, 0.717) is 0 Å². The van der Waals surface area contributed by atoms with Crippen molar-refractivity contribution in [3.63, 3.8) is 0 Å². The van der Waals surface area contributed by atoms with Crippen LogP contribution in [-0.4, -0.2) is 17.1 Å². The summed E-state index contributed by atoms with van der Waals surface area (Å²) in [6, 6.07) is 4.19. The molecule has 1 aromatic carbocycles. The predicted octanol–water partition coefficient (Wildman–Crippen LogP) is 2.65. The monoisotopic (exact) mass is 257 g/mol. The minimum Gasteiger partial charge on any atom is -0.496 e. The molecular formula is C15H19N3O. The first-order valence-electron chi connectivity index (χ1n) is 6.53. The third kappa shape index (κ3) is 2.02. The van der Waals surface area contributed by atoms with E-state index in [1.165, 1.54) is 11.1 Å². The summed E-state index contributed by atoms with van der Waals surface area (Å²) in [5.41, 5.74) is 10.3. The number of hydrogen-bond acceptors (Lipinski definition) is 3. The smallest absolute Gasteiger partial charge is 0.128 e. The van der Waals surface area contributed by atoms with Gasteiger partial charge in [-0.05, 0) is 43.9 Å². The molecule has 0 unspecified atom stereocenters. The Bertz CT molecular complexity index is 626. The standard InChI is InChI=1S/C15H19N3O/c1-9-6-10(2)13(12(7-9)19-3)11-8-17-14(18-11)15(16)4-5-15/h6-8H,4-5,16H2,1-3H3,(H,17,18). The summed E-state index contributed by atoms with van der Waals surface area (Å²) in [5.74, 6) is 1.75. The van der Waals surface area contributed by atoms with Crippen LogP contribution < -0.4 is 10.5 Å². The molecule has 0 aliphatic heterocycles. The molecule has 0 saturated heterocycles. The molecule has 2 aromatic rings. The lowest BCUT2D eigenvalue weighted by Crippen LogP contribution is -2.20. The van der Waals surface area contributed by atoms with Gasteiger partial charge in [0.1, 0.15) is 11.6 Å². The van der Waals surface area contributed by atoms with Gasteiger partial charge in [0.25, 0.3) is 0 Å². The van der Waals surface area contributed by atoms with Crippen molar-refractivity contribution in [2.45, 2.75) is 32.2 Å². The Morgan fingerprint density at radius 2 is 2.05 bits per heavy atom. The average Bonchev–Trinajstić information content (AvgIpc) is 2.91. The Hall–Kier alpha value is -1.81. The van der Waals surface area contributed by atoms with E-state index >= 15 is 0 Å². The first kappa shape index (κ1) is 12.2. The van der Waals surface area contributed by atoms with Crippen molar-refractivity contribution < 1.29 is 4.74 Å². The minimum atomic E-state index is -0.232. The second-order valence-electron chi connectivity index (χ2n) is 5.46. The summed E-state index contributed by atoms with van der Waals surface area (Å²) < 4.78 is 5.49. The van der Waals surface area contributed by atoms with Crippen LogP contribution in [0.25, 0.3) is 11.3 Å². The van der Waals surface area contributed by atoms with Crippen LogP contribution in [0.3, 0.4) is 0 Å². The maximum Gasteiger partial charge on any atom is 0.128 e. The summed E-state index contributed by atoms with van der Waals surface area (Å²) in [4.78, 5) is 7.78. The van der Waals surface area contributed by atoms with Crippen molar-refractivity contribution in [3.8, 4) is 17.0 Å². The van der Waals surface area contributed by atoms with Crippen LogP contribution in [0.1, 0.15) is 29.8 Å². The van der Waals surface area contributed by atoms with Crippen molar-refractivity contribution in [1.82, 2.24) is 9.97 Å². The van der Waals surface area contributed by atoms with Crippen LogP contribution >= 0.6 is 0 Å². The molecule has 1 heterocycles. The van der Waals surface area contributed by atoms with Gasteiger partial charge in [-0.3, -0.25) is 0 Å². The Kier molecular flexibility index (Phi) is 2.64. The van der Waals surface area contributed by atoms with Crippen molar-refractivity contribution in [2.24, 2.45) is 5.73 Å². The zero-order valence-corrected chi connectivity index (χ0v) is 11.6. The number of H-pyrrole nitrogens is 1. The zero-order valence-electron chi connectivity index (χ0n) is 11.6. The van der Waals surface area contributed by atoms with Gasteiger partial charge in [-0.1, -0.05) is 6.07 Å². The quantitative estimate of drug-likeness (QED) is 0.888. The van der Waals surface area contributed by atoms with Gasteiger partial charge in [0.15, 0.2) is 0 Å². The lowest BCUT2D eigenvalue weighted by molar-refractivity contribution is 0.415. The van der Waals surface area contributed by atoms with E-state index in [4.69, 9.17) is 10.5 Å². The zero-order chi connectivity index (χ0) is 13.6. The van der Waals surface area contributed by atoms with Gasteiger partial charge < -0.3 is 15.5 Å². The highest BCUT2D eigenvalue weighted by Crippen LogP contribution is 2.42. The molecule has 1 saturated carbocycles. The number of imidazole rings is 1. The number of nitrogens with two attached hydrogens (primary N) is 1. The van der Waals surface area contributed by atoms with E-state index in [0.717, 1.165) is 35.7 Å². The van der Waals surface area contributed by atoms with E-state index < -0.39 is 0 Å². The number of ether oxygens (including phenoxy) is 1. The molecule has 4 heteroatoms. The number of aromatic nitrogens is 2. The van der Waals surface area contributed by atoms with E-state index in [9.17, 15) is 0 Å². The highest BCUT2D eigenvalue weighted by Gasteiger charge is 2.42. The molecule has 1 aliphatic carbocycles. The largest absolute Gasteiger partial charge is 0.496 e. The first-order valence-corrected chi connectivity index (χ1v) is 6.53. The predicted molar refractivity (Wildman–Crippen MR) is 75.1 cm³/mol. The van der Waals surface area contributed by atoms with Crippen LogP contribution in [0.5, 0.6) is 5.75 Å². The van der Waals surface area contributed by atoms with Gasteiger partial charge in [0, 0.05) is 5.56 Å². The first-order chi connectivity index (χ1) is 9.03. The Morgan fingerprint density at radius 1 is 1.32 bits per heavy atom. The third-order valence-electron chi connectivity index (χ3n) is 3.77. The van der Waals surface area contributed by atoms with E-state index in [-0.39, 0.29) is 5.54 Å². The van der Waals surface area contributed by atoms with Gasteiger partial charge in [-0.15, -0.1) is 0 Å². The lowest BCUT2D eigenvalue weighted by atomic mass is 10.0. The lowest BCUT2D eigenvalue weighted by Gasteiger charge is -2.11. The SMILES string of the molecule is COc1cc(C)cc(C)c1-c1cnc(C2(N)CC2)[nH]1. The molecule has 0 spiro atoms. The molecule has 3 N–H and O–H groups in total. The molecule has 4 nitrogen and oxygen atoms in total. The van der Waals surface area contributed by atoms with Crippen molar-refractivity contribution in [3.05, 3.63) is 35.3 Å². The number of hydrogen-bond donors (Lipinski definition) is 2. The van der Waals surface area contributed by atoms with Crippen LogP contribution in [-0.2, 0) is 5.54 Å². The summed E-state index contributed by atoms with van der Waals surface area (Å²) in [7, 11) is 1.69. The number of nitrogens with one attached hydrogen (secondary N) is 1. The minimum absolute atomic E-state index is 0.232. The maximum atomic E-state index is 6.17. The normalized spacial score (nSPS) is 16.4. The summed E-state index contributed by atoms with van der Waals surface area (Å²) in [5, 5.41) is 0. The second kappa shape index (κ2) is 4.10. The van der Waals surface area contributed by atoms with Gasteiger partial charge in [0.2, 0.25) is 0 Å². The van der Waals surface area contributed by atoms with E-state index in [1.54, 1.807) is 7.11 Å². The molecular weight excluding hydrogens is 238 g/mol. The highest BCUT2D eigenvalue weighted by atomic mass is 16.5. The maximum absolute atomic E-state index is 6.17. The van der Waals surface area contributed by atoms with Crippen LogP contribution in [0.4, 0.5) is 0 Å². The van der Waals surface area contributed by atoms with Gasteiger partial charge in [-0.2, -0.15) is 0 Å². The average molecular weight is 257 g/mol. The summed E-state index contributed by atoms with van der Waals surface area (Å²) >= 11 is 0. The second-order valence-corrected chi connectivity index (χ2v) is 5.46. The van der Waals surface area contributed by atoms with Crippen molar-refractivity contribution in [2.75, 3.05) is 7.11 Å². The summed E-state index contributed by atoms with van der Waals surface area (Å²) in [6.07, 6.45) is 3.86. The molecule has 0 radical (unpaired) electrons.